The molecule has 0 saturated carbocycles. The predicted molar refractivity (Wildman–Crippen MR) is 130 cm³/mol. The van der Waals surface area contributed by atoms with Crippen molar-refractivity contribution in [2.75, 3.05) is 6.26 Å². The van der Waals surface area contributed by atoms with Crippen LogP contribution in [0.1, 0.15) is 36.5 Å². The average Bonchev–Trinajstić information content (AvgIpc) is 2.77. The fraction of sp³-hybridized carbons (Fsp3) is 0.148. The first-order chi connectivity index (χ1) is 15.2. The van der Waals surface area contributed by atoms with E-state index < -0.39 is 9.84 Å². The van der Waals surface area contributed by atoms with Crippen LogP contribution in [0.3, 0.4) is 0 Å². The third kappa shape index (κ3) is 4.63. The van der Waals surface area contributed by atoms with Gasteiger partial charge in [0.05, 0.1) is 10.4 Å². The average molecular weight is 446 g/mol. The summed E-state index contributed by atoms with van der Waals surface area (Å²) in [4.78, 5) is 4.80. The maximum Gasteiger partial charge on any atom is 0.175 e. The molecule has 4 aromatic rings. The van der Waals surface area contributed by atoms with Crippen molar-refractivity contribution in [1.82, 2.24) is 4.98 Å². The van der Waals surface area contributed by atoms with E-state index in [-0.39, 0.29) is 10.7 Å². The Labute approximate surface area is 188 Å². The predicted octanol–water partition coefficient (Wildman–Crippen LogP) is 6.74. The monoisotopic (exact) mass is 445 g/mol. The van der Waals surface area contributed by atoms with Gasteiger partial charge in [-0.1, -0.05) is 50.3 Å². The van der Waals surface area contributed by atoms with Crippen molar-refractivity contribution < 1.29 is 12.8 Å². The largest absolute Gasteiger partial charge is 0.256 e. The lowest BCUT2D eigenvalue weighted by atomic mass is 9.93. The molecule has 0 aliphatic rings. The Balaban J connectivity index is 1.75. The Morgan fingerprint density at radius 1 is 0.875 bits per heavy atom. The van der Waals surface area contributed by atoms with E-state index in [0.29, 0.717) is 11.5 Å². The Kier molecular flexibility index (Phi) is 5.94. The van der Waals surface area contributed by atoms with E-state index >= 15 is 0 Å². The molecule has 4 rings (SSSR count). The zero-order valence-electron chi connectivity index (χ0n) is 18.2. The third-order valence-corrected chi connectivity index (χ3v) is 6.58. The first kappa shape index (κ1) is 21.9. The molecule has 0 spiro atoms. The highest BCUT2D eigenvalue weighted by atomic mass is 32.2. The molecule has 0 aliphatic heterocycles. The van der Waals surface area contributed by atoms with Crippen molar-refractivity contribution in [2.45, 2.75) is 24.7 Å². The molecule has 5 heteroatoms. The number of rotatable bonds is 5. The van der Waals surface area contributed by atoms with Gasteiger partial charge in [0.1, 0.15) is 5.82 Å². The van der Waals surface area contributed by atoms with Crippen LogP contribution in [-0.4, -0.2) is 19.7 Å². The van der Waals surface area contributed by atoms with Gasteiger partial charge < -0.3 is 0 Å². The number of hydrogen-bond acceptors (Lipinski definition) is 3. The minimum absolute atomic E-state index is 0.281. The van der Waals surface area contributed by atoms with Crippen molar-refractivity contribution in [3.05, 3.63) is 95.4 Å². The van der Waals surface area contributed by atoms with E-state index in [1.807, 2.05) is 36.4 Å². The highest BCUT2D eigenvalue weighted by molar-refractivity contribution is 7.90. The van der Waals surface area contributed by atoms with E-state index in [1.54, 1.807) is 36.5 Å². The van der Waals surface area contributed by atoms with Gasteiger partial charge in [0.2, 0.25) is 0 Å². The maximum atomic E-state index is 14.9. The van der Waals surface area contributed by atoms with Gasteiger partial charge >= 0.3 is 0 Å². The van der Waals surface area contributed by atoms with E-state index in [0.717, 1.165) is 33.2 Å². The molecular formula is C27H24FNO2S. The van der Waals surface area contributed by atoms with E-state index in [1.165, 1.54) is 12.3 Å². The zero-order valence-corrected chi connectivity index (χ0v) is 19.0. The van der Waals surface area contributed by atoms with Crippen LogP contribution in [0.2, 0.25) is 0 Å². The van der Waals surface area contributed by atoms with E-state index in [9.17, 15) is 12.8 Å². The Hall–Kier alpha value is -3.31. The van der Waals surface area contributed by atoms with Gasteiger partial charge in [-0.05, 0) is 65.1 Å². The summed E-state index contributed by atoms with van der Waals surface area (Å²) in [5.74, 6) is 0.00640. The van der Waals surface area contributed by atoms with Crippen molar-refractivity contribution in [3.8, 4) is 11.1 Å². The molecule has 0 N–H and O–H groups in total. The van der Waals surface area contributed by atoms with Crippen LogP contribution < -0.4 is 0 Å². The summed E-state index contributed by atoms with van der Waals surface area (Å²) in [5.41, 5.74) is 4.88. The zero-order chi connectivity index (χ0) is 22.9. The molecule has 0 amide bonds. The van der Waals surface area contributed by atoms with Crippen molar-refractivity contribution in [1.29, 1.82) is 0 Å². The van der Waals surface area contributed by atoms with Crippen LogP contribution in [0.5, 0.6) is 0 Å². The number of halogens is 1. The molecule has 0 unspecified atom stereocenters. The van der Waals surface area contributed by atoms with Gasteiger partial charge in [-0.15, -0.1) is 0 Å². The van der Waals surface area contributed by atoms with Crippen LogP contribution in [-0.2, 0) is 9.84 Å². The molecule has 0 atom stereocenters. The summed E-state index contributed by atoms with van der Waals surface area (Å²) >= 11 is 0. The van der Waals surface area contributed by atoms with E-state index in [4.69, 9.17) is 0 Å². The summed E-state index contributed by atoms with van der Waals surface area (Å²) in [6.45, 7) is 4.23. The molecular weight excluding hydrogens is 421 g/mol. The number of hydrogen-bond donors (Lipinski definition) is 0. The van der Waals surface area contributed by atoms with Gasteiger partial charge in [-0.2, -0.15) is 0 Å². The van der Waals surface area contributed by atoms with Crippen molar-refractivity contribution in [3.63, 3.8) is 0 Å². The second-order valence-corrected chi connectivity index (χ2v) is 10.2. The number of fused-ring (bicyclic) bond motifs is 1. The number of aromatic nitrogens is 1. The Morgan fingerprint density at radius 2 is 1.56 bits per heavy atom. The third-order valence-electron chi connectivity index (χ3n) is 5.45. The summed E-state index contributed by atoms with van der Waals surface area (Å²) in [7, 11) is -3.23. The fourth-order valence-corrected chi connectivity index (χ4v) is 4.26. The summed E-state index contributed by atoms with van der Waals surface area (Å²) < 4.78 is 38.2. The highest BCUT2D eigenvalue weighted by Crippen LogP contribution is 2.33. The lowest BCUT2D eigenvalue weighted by Crippen LogP contribution is -1.96. The number of nitrogens with zero attached hydrogens (tertiary/aromatic N) is 1. The minimum Gasteiger partial charge on any atom is -0.256 e. The molecule has 162 valence electrons. The highest BCUT2D eigenvalue weighted by Gasteiger charge is 2.13. The number of benzene rings is 3. The number of pyridine rings is 1. The lowest BCUT2D eigenvalue weighted by molar-refractivity contribution is 0.602. The van der Waals surface area contributed by atoms with Gasteiger partial charge in [0.25, 0.3) is 0 Å². The molecule has 1 heterocycles. The lowest BCUT2D eigenvalue weighted by Gasteiger charge is -2.13. The molecule has 3 nitrogen and oxygen atoms in total. The quantitative estimate of drug-likeness (QED) is 0.320. The molecule has 1 aromatic heterocycles. The SMILES string of the molecule is CC(C)c1cc(-c2cc(/C=C/c3ccc(S(C)(=O)=O)cc3)ccc2F)c2ncccc2c1. The molecule has 0 fully saturated rings. The second-order valence-electron chi connectivity index (χ2n) is 8.21. The molecule has 3 aromatic carbocycles. The first-order valence-electron chi connectivity index (χ1n) is 10.4. The van der Waals surface area contributed by atoms with E-state index in [2.05, 4.69) is 24.9 Å². The summed E-state index contributed by atoms with van der Waals surface area (Å²) in [6.07, 6.45) is 6.68. The van der Waals surface area contributed by atoms with Gasteiger partial charge in [-0.3, -0.25) is 4.98 Å². The van der Waals surface area contributed by atoms with Crippen LogP contribution >= 0.6 is 0 Å². The molecule has 0 radical (unpaired) electrons. The smallest absolute Gasteiger partial charge is 0.175 e. The van der Waals surface area contributed by atoms with Crippen LogP contribution in [0.25, 0.3) is 34.2 Å². The van der Waals surface area contributed by atoms with Crippen molar-refractivity contribution >= 4 is 32.9 Å². The summed E-state index contributed by atoms with van der Waals surface area (Å²) in [6, 6.07) is 19.7. The van der Waals surface area contributed by atoms with Crippen LogP contribution in [0.15, 0.2) is 77.8 Å². The minimum atomic E-state index is -3.23. The first-order valence-corrected chi connectivity index (χ1v) is 12.3. The topological polar surface area (TPSA) is 47.0 Å². The molecule has 0 bridgehead atoms. The molecule has 32 heavy (non-hydrogen) atoms. The molecule has 0 saturated heterocycles. The van der Waals surface area contributed by atoms with Crippen LogP contribution in [0.4, 0.5) is 4.39 Å². The van der Waals surface area contributed by atoms with Gasteiger partial charge in [0.15, 0.2) is 9.84 Å². The summed E-state index contributed by atoms with van der Waals surface area (Å²) in [5, 5.41) is 0.986. The fourth-order valence-electron chi connectivity index (χ4n) is 3.63. The Bertz CT molecular complexity index is 1420. The standard InChI is InChI=1S/C27H24FNO2S/c1-18(2)22-16-21-5-4-14-29-27(21)25(17-22)24-15-20(10-13-26(24)28)7-6-19-8-11-23(12-9-19)32(3,30)31/h4-18H,1-3H3/b7-6+. The van der Waals surface area contributed by atoms with Crippen LogP contribution in [0, 0.1) is 5.82 Å². The molecule has 0 aliphatic carbocycles. The van der Waals surface area contributed by atoms with Crippen molar-refractivity contribution in [2.24, 2.45) is 0 Å². The second kappa shape index (κ2) is 8.67. The Morgan fingerprint density at radius 3 is 2.25 bits per heavy atom. The normalized spacial score (nSPS) is 12.2. The maximum absolute atomic E-state index is 14.9. The van der Waals surface area contributed by atoms with Gasteiger partial charge in [-0.25, -0.2) is 12.8 Å². The van der Waals surface area contributed by atoms with Gasteiger partial charge in [0, 0.05) is 29.0 Å². The number of sulfone groups is 1.